The van der Waals surface area contributed by atoms with E-state index < -0.39 is 11.8 Å². The number of hydrogen-bond donors (Lipinski definition) is 2. The molecule has 1 aromatic rings. The number of hydrogen-bond acceptors (Lipinski definition) is 4. The predicted molar refractivity (Wildman–Crippen MR) is 81.3 cm³/mol. The maximum atomic E-state index is 11.3. The molecule has 0 aliphatic carbocycles. The van der Waals surface area contributed by atoms with Crippen LogP contribution in [0.3, 0.4) is 0 Å². The van der Waals surface area contributed by atoms with Crippen LogP contribution in [-0.2, 0) is 9.59 Å². The first kappa shape index (κ1) is 16.7. The van der Waals surface area contributed by atoms with Gasteiger partial charge in [-0.2, -0.15) is 5.10 Å². The van der Waals surface area contributed by atoms with Crippen molar-refractivity contribution in [3.05, 3.63) is 29.8 Å². The molecule has 1 rings (SSSR count). The number of carbonyl (C=O) groups excluding carboxylic acids is 2. The van der Waals surface area contributed by atoms with Gasteiger partial charge in [0.15, 0.2) is 0 Å². The molecule has 0 atom stereocenters. The third-order valence-electron chi connectivity index (χ3n) is 2.57. The van der Waals surface area contributed by atoms with Crippen molar-refractivity contribution in [2.75, 3.05) is 13.2 Å². The molecule has 0 spiro atoms. The summed E-state index contributed by atoms with van der Waals surface area (Å²) in [7, 11) is 0. The molecule has 114 valence electrons. The Bertz CT molecular complexity index is 483. The van der Waals surface area contributed by atoms with Gasteiger partial charge in [-0.3, -0.25) is 9.59 Å². The minimum absolute atomic E-state index is 0.398. The van der Waals surface area contributed by atoms with Crippen LogP contribution < -0.4 is 15.5 Å². The molecule has 0 saturated heterocycles. The molecule has 2 N–H and O–H groups in total. The smallest absolute Gasteiger partial charge is 0.329 e. The lowest BCUT2D eigenvalue weighted by Gasteiger charge is -2.04. The van der Waals surface area contributed by atoms with Gasteiger partial charge in [-0.25, -0.2) is 5.43 Å². The molecule has 0 fully saturated rings. The monoisotopic (exact) mass is 291 g/mol. The molecule has 0 aliphatic rings. The Kier molecular flexibility index (Phi) is 7.56. The summed E-state index contributed by atoms with van der Waals surface area (Å²) in [5.41, 5.74) is 2.96. The first-order valence-electron chi connectivity index (χ1n) is 7.01. The summed E-state index contributed by atoms with van der Waals surface area (Å²) in [6.45, 7) is 4.94. The van der Waals surface area contributed by atoms with Crippen molar-refractivity contribution >= 4 is 18.0 Å². The maximum Gasteiger partial charge on any atom is 0.329 e. The van der Waals surface area contributed by atoms with Crippen LogP contribution in [0.4, 0.5) is 0 Å². The third-order valence-corrected chi connectivity index (χ3v) is 2.57. The van der Waals surface area contributed by atoms with Crippen LogP contribution in [-0.4, -0.2) is 31.2 Å². The van der Waals surface area contributed by atoms with Crippen molar-refractivity contribution in [2.24, 2.45) is 5.10 Å². The third kappa shape index (κ3) is 6.56. The summed E-state index contributed by atoms with van der Waals surface area (Å²) in [5.74, 6) is -0.686. The van der Waals surface area contributed by atoms with Gasteiger partial charge in [0.2, 0.25) is 0 Å². The number of carbonyl (C=O) groups is 2. The van der Waals surface area contributed by atoms with E-state index in [0.29, 0.717) is 13.2 Å². The number of nitrogens with one attached hydrogen (secondary N) is 2. The van der Waals surface area contributed by atoms with Crippen LogP contribution in [0, 0.1) is 0 Å². The molecule has 6 heteroatoms. The molecule has 2 amide bonds. The van der Waals surface area contributed by atoms with E-state index in [1.165, 1.54) is 6.21 Å². The Morgan fingerprint density at radius 3 is 2.52 bits per heavy atom. The van der Waals surface area contributed by atoms with E-state index in [2.05, 4.69) is 22.8 Å². The Morgan fingerprint density at radius 2 is 1.90 bits per heavy atom. The zero-order chi connectivity index (χ0) is 15.5. The van der Waals surface area contributed by atoms with E-state index >= 15 is 0 Å². The summed E-state index contributed by atoms with van der Waals surface area (Å²) < 4.78 is 5.54. The number of ether oxygens (including phenoxy) is 1. The van der Waals surface area contributed by atoms with Gasteiger partial charge in [0.25, 0.3) is 0 Å². The summed E-state index contributed by atoms with van der Waals surface area (Å²) in [6, 6.07) is 7.32. The highest BCUT2D eigenvalue weighted by molar-refractivity contribution is 6.35. The van der Waals surface area contributed by atoms with Crippen molar-refractivity contribution in [2.45, 2.75) is 26.7 Å². The van der Waals surface area contributed by atoms with Gasteiger partial charge in [-0.15, -0.1) is 0 Å². The Balaban J connectivity index is 2.42. The molecular formula is C15H21N3O3. The van der Waals surface area contributed by atoms with Crippen molar-refractivity contribution < 1.29 is 14.3 Å². The maximum absolute atomic E-state index is 11.3. The van der Waals surface area contributed by atoms with E-state index in [9.17, 15) is 9.59 Å². The topological polar surface area (TPSA) is 79.8 Å². The highest BCUT2D eigenvalue weighted by Crippen LogP contribution is 2.11. The van der Waals surface area contributed by atoms with Gasteiger partial charge in [0, 0.05) is 6.54 Å². The number of amides is 2. The summed E-state index contributed by atoms with van der Waals surface area (Å²) >= 11 is 0. The van der Waals surface area contributed by atoms with Crippen LogP contribution >= 0.6 is 0 Å². The van der Waals surface area contributed by atoms with Gasteiger partial charge in [0.05, 0.1) is 12.8 Å². The number of rotatable bonds is 7. The van der Waals surface area contributed by atoms with Crippen molar-refractivity contribution in [3.63, 3.8) is 0 Å². The lowest BCUT2D eigenvalue weighted by molar-refractivity contribution is -0.139. The van der Waals surface area contributed by atoms with Crippen molar-refractivity contribution in [3.8, 4) is 5.75 Å². The molecule has 0 heterocycles. The van der Waals surface area contributed by atoms with Gasteiger partial charge in [0.1, 0.15) is 5.75 Å². The van der Waals surface area contributed by atoms with E-state index in [1.54, 1.807) is 6.92 Å². The van der Waals surface area contributed by atoms with Crippen LogP contribution in [0.2, 0.25) is 0 Å². The minimum Gasteiger partial charge on any atom is -0.494 e. The normalized spacial score (nSPS) is 10.4. The fourth-order valence-corrected chi connectivity index (χ4v) is 1.44. The van der Waals surface area contributed by atoms with E-state index in [4.69, 9.17) is 4.74 Å². The summed E-state index contributed by atoms with van der Waals surface area (Å²) in [4.78, 5) is 22.4. The molecule has 0 bridgehead atoms. The Labute approximate surface area is 124 Å². The first-order valence-corrected chi connectivity index (χ1v) is 7.01. The number of likely N-dealkylation sites (N-methyl/N-ethyl adjacent to an activating group) is 1. The Morgan fingerprint density at radius 1 is 1.19 bits per heavy atom. The summed E-state index contributed by atoms with van der Waals surface area (Å²) in [5, 5.41) is 6.11. The zero-order valence-corrected chi connectivity index (χ0v) is 12.4. The van der Waals surface area contributed by atoms with E-state index in [1.807, 2.05) is 24.3 Å². The van der Waals surface area contributed by atoms with Crippen molar-refractivity contribution in [1.29, 1.82) is 0 Å². The largest absolute Gasteiger partial charge is 0.494 e. The second kappa shape index (κ2) is 9.52. The molecular weight excluding hydrogens is 270 g/mol. The van der Waals surface area contributed by atoms with Gasteiger partial charge in [-0.1, -0.05) is 13.3 Å². The molecule has 1 aromatic carbocycles. The highest BCUT2D eigenvalue weighted by atomic mass is 16.5. The average Bonchev–Trinajstić information content (AvgIpc) is 2.49. The molecule has 0 saturated carbocycles. The van der Waals surface area contributed by atoms with Gasteiger partial charge in [-0.05, 0) is 43.2 Å². The predicted octanol–water partition coefficient (Wildman–Crippen LogP) is 1.45. The quantitative estimate of drug-likeness (QED) is 0.345. The SMILES string of the molecule is CCCCOc1ccc(/C=N\NC(=O)C(=O)NCC)cc1. The molecule has 0 aromatic heterocycles. The van der Waals surface area contributed by atoms with Crippen LogP contribution in [0.5, 0.6) is 5.75 Å². The lowest BCUT2D eigenvalue weighted by Crippen LogP contribution is -2.37. The number of benzene rings is 1. The van der Waals surface area contributed by atoms with E-state index in [-0.39, 0.29) is 0 Å². The fourth-order valence-electron chi connectivity index (χ4n) is 1.44. The van der Waals surface area contributed by atoms with Crippen LogP contribution in [0.1, 0.15) is 32.3 Å². The number of unbranched alkanes of at least 4 members (excludes halogenated alkanes) is 1. The van der Waals surface area contributed by atoms with E-state index in [0.717, 1.165) is 24.2 Å². The number of nitrogens with zero attached hydrogens (tertiary/aromatic N) is 1. The molecule has 6 nitrogen and oxygen atoms in total. The Hall–Kier alpha value is -2.37. The van der Waals surface area contributed by atoms with Crippen LogP contribution in [0.25, 0.3) is 0 Å². The molecule has 0 radical (unpaired) electrons. The second-order valence-corrected chi connectivity index (χ2v) is 4.33. The average molecular weight is 291 g/mol. The molecule has 0 unspecified atom stereocenters. The van der Waals surface area contributed by atoms with Gasteiger partial charge >= 0.3 is 11.8 Å². The standard InChI is InChI=1S/C15H21N3O3/c1-3-5-10-21-13-8-6-12(7-9-13)11-17-18-15(20)14(19)16-4-2/h6-9,11H,3-5,10H2,1-2H3,(H,16,19)(H,18,20)/b17-11-. The number of hydrazone groups is 1. The van der Waals surface area contributed by atoms with Crippen molar-refractivity contribution in [1.82, 2.24) is 10.7 Å². The lowest BCUT2D eigenvalue weighted by atomic mass is 10.2. The highest BCUT2D eigenvalue weighted by Gasteiger charge is 2.09. The summed E-state index contributed by atoms with van der Waals surface area (Å²) in [6.07, 6.45) is 3.58. The van der Waals surface area contributed by atoms with Gasteiger partial charge < -0.3 is 10.1 Å². The van der Waals surface area contributed by atoms with Crippen LogP contribution in [0.15, 0.2) is 29.4 Å². The second-order valence-electron chi connectivity index (χ2n) is 4.33. The molecule has 21 heavy (non-hydrogen) atoms. The zero-order valence-electron chi connectivity index (χ0n) is 12.4. The first-order chi connectivity index (χ1) is 10.2. The fraction of sp³-hybridized carbons (Fsp3) is 0.400. The molecule has 0 aliphatic heterocycles. The minimum atomic E-state index is -0.785.